The van der Waals surface area contributed by atoms with Crippen molar-refractivity contribution in [2.45, 2.75) is 6.54 Å². The molecule has 0 aliphatic heterocycles. The summed E-state index contributed by atoms with van der Waals surface area (Å²) in [4.78, 5) is 11.6. The highest BCUT2D eigenvalue weighted by molar-refractivity contribution is 14.1. The van der Waals surface area contributed by atoms with Crippen LogP contribution in [0.25, 0.3) is 0 Å². The standard InChI is InChI=1S/C14H12INO2/c15-12-8-4-5-9-13(12)18-14(17)16-10-11-6-2-1-3-7-11/h1-9H,10H2,(H,16,17). The number of benzene rings is 2. The van der Waals surface area contributed by atoms with Gasteiger partial charge >= 0.3 is 6.09 Å². The van der Waals surface area contributed by atoms with Gasteiger partial charge in [0.05, 0.1) is 3.57 Å². The van der Waals surface area contributed by atoms with Crippen molar-refractivity contribution >= 4 is 28.7 Å². The molecule has 0 bridgehead atoms. The van der Waals surface area contributed by atoms with Crippen LogP contribution in [0.15, 0.2) is 54.6 Å². The SMILES string of the molecule is O=C(NCc1ccccc1)Oc1ccccc1I. The van der Waals surface area contributed by atoms with Gasteiger partial charge in [0.15, 0.2) is 0 Å². The Morgan fingerprint density at radius 2 is 1.72 bits per heavy atom. The first-order chi connectivity index (χ1) is 8.75. The van der Waals surface area contributed by atoms with Gasteiger partial charge in [-0.3, -0.25) is 0 Å². The van der Waals surface area contributed by atoms with Gasteiger partial charge in [-0.05, 0) is 40.3 Å². The second-order valence-corrected chi connectivity index (χ2v) is 4.82. The molecular formula is C14H12INO2. The van der Waals surface area contributed by atoms with Crippen LogP contribution in [0.3, 0.4) is 0 Å². The van der Waals surface area contributed by atoms with Crippen LogP contribution in [0.5, 0.6) is 5.75 Å². The van der Waals surface area contributed by atoms with Crippen LogP contribution >= 0.6 is 22.6 Å². The molecule has 0 atom stereocenters. The van der Waals surface area contributed by atoms with E-state index in [0.717, 1.165) is 9.13 Å². The maximum atomic E-state index is 11.6. The summed E-state index contributed by atoms with van der Waals surface area (Å²) in [6.45, 7) is 0.461. The van der Waals surface area contributed by atoms with Crippen LogP contribution in [-0.4, -0.2) is 6.09 Å². The number of hydrogen-bond donors (Lipinski definition) is 1. The molecule has 0 unspecified atom stereocenters. The second kappa shape index (κ2) is 6.39. The minimum absolute atomic E-state index is 0.442. The average Bonchev–Trinajstić information content (AvgIpc) is 2.40. The number of ether oxygens (including phenoxy) is 1. The molecule has 1 N–H and O–H groups in total. The molecule has 0 saturated heterocycles. The lowest BCUT2D eigenvalue weighted by Crippen LogP contribution is -2.26. The van der Waals surface area contributed by atoms with Crippen molar-refractivity contribution < 1.29 is 9.53 Å². The first-order valence-electron chi connectivity index (χ1n) is 5.50. The van der Waals surface area contributed by atoms with Gasteiger partial charge < -0.3 is 10.1 Å². The number of nitrogens with one attached hydrogen (secondary N) is 1. The summed E-state index contributed by atoms with van der Waals surface area (Å²) in [5.41, 5.74) is 1.04. The highest BCUT2D eigenvalue weighted by Crippen LogP contribution is 2.19. The topological polar surface area (TPSA) is 38.3 Å². The van der Waals surface area contributed by atoms with Gasteiger partial charge in [-0.2, -0.15) is 0 Å². The van der Waals surface area contributed by atoms with Gasteiger partial charge in [-0.15, -0.1) is 0 Å². The monoisotopic (exact) mass is 353 g/mol. The zero-order valence-corrected chi connectivity index (χ0v) is 11.8. The predicted octanol–water partition coefficient (Wildman–Crippen LogP) is 3.58. The Labute approximate surface area is 119 Å². The normalized spacial score (nSPS) is 9.83. The lowest BCUT2D eigenvalue weighted by molar-refractivity contribution is 0.199. The first kappa shape index (κ1) is 12.9. The summed E-state index contributed by atoms with van der Waals surface area (Å²) in [5, 5.41) is 2.71. The van der Waals surface area contributed by atoms with E-state index in [2.05, 4.69) is 27.9 Å². The van der Waals surface area contributed by atoms with Crippen molar-refractivity contribution in [2.24, 2.45) is 0 Å². The quantitative estimate of drug-likeness (QED) is 0.857. The number of carbonyl (C=O) groups is 1. The predicted molar refractivity (Wildman–Crippen MR) is 78.5 cm³/mol. The molecular weight excluding hydrogens is 341 g/mol. The number of hydrogen-bond acceptors (Lipinski definition) is 2. The molecule has 0 radical (unpaired) electrons. The van der Waals surface area contributed by atoms with Crippen LogP contribution in [-0.2, 0) is 6.54 Å². The highest BCUT2D eigenvalue weighted by Gasteiger charge is 2.06. The van der Waals surface area contributed by atoms with E-state index < -0.39 is 6.09 Å². The van der Waals surface area contributed by atoms with E-state index in [1.807, 2.05) is 48.5 Å². The van der Waals surface area contributed by atoms with E-state index in [1.165, 1.54) is 0 Å². The Morgan fingerprint density at radius 1 is 1.06 bits per heavy atom. The molecule has 0 aliphatic rings. The van der Waals surface area contributed by atoms with Crippen molar-refractivity contribution in [3.8, 4) is 5.75 Å². The van der Waals surface area contributed by atoms with Crippen LogP contribution in [0.1, 0.15) is 5.56 Å². The fourth-order valence-electron chi connectivity index (χ4n) is 1.43. The molecule has 2 aromatic rings. The largest absolute Gasteiger partial charge is 0.412 e. The van der Waals surface area contributed by atoms with Gasteiger partial charge in [-0.1, -0.05) is 42.5 Å². The lowest BCUT2D eigenvalue weighted by atomic mass is 10.2. The molecule has 0 spiro atoms. The Morgan fingerprint density at radius 3 is 2.44 bits per heavy atom. The lowest BCUT2D eigenvalue weighted by Gasteiger charge is -2.07. The smallest absolute Gasteiger partial charge is 0.409 e. The molecule has 92 valence electrons. The molecule has 18 heavy (non-hydrogen) atoms. The fourth-order valence-corrected chi connectivity index (χ4v) is 1.93. The summed E-state index contributed by atoms with van der Waals surface area (Å²) in [6.07, 6.45) is -0.442. The summed E-state index contributed by atoms with van der Waals surface area (Å²) in [5.74, 6) is 0.573. The van der Waals surface area contributed by atoms with Gasteiger partial charge in [-0.25, -0.2) is 4.79 Å². The minimum atomic E-state index is -0.442. The fraction of sp³-hybridized carbons (Fsp3) is 0.0714. The van der Waals surface area contributed by atoms with E-state index in [4.69, 9.17) is 4.74 Å². The molecule has 3 nitrogen and oxygen atoms in total. The summed E-state index contributed by atoms with van der Waals surface area (Å²) >= 11 is 2.13. The zero-order chi connectivity index (χ0) is 12.8. The van der Waals surface area contributed by atoms with E-state index in [0.29, 0.717) is 12.3 Å². The summed E-state index contributed by atoms with van der Waals surface area (Å²) in [7, 11) is 0. The third-order valence-corrected chi connectivity index (χ3v) is 3.21. The maximum Gasteiger partial charge on any atom is 0.412 e. The van der Waals surface area contributed by atoms with Crippen LogP contribution < -0.4 is 10.1 Å². The van der Waals surface area contributed by atoms with Crippen LogP contribution in [0.2, 0.25) is 0 Å². The molecule has 0 aliphatic carbocycles. The van der Waals surface area contributed by atoms with Crippen molar-refractivity contribution in [1.82, 2.24) is 5.32 Å². The number of halogens is 1. The molecule has 0 heterocycles. The van der Waals surface area contributed by atoms with Crippen molar-refractivity contribution in [2.75, 3.05) is 0 Å². The van der Waals surface area contributed by atoms with Gasteiger partial charge in [0.1, 0.15) is 5.75 Å². The minimum Gasteiger partial charge on any atom is -0.409 e. The zero-order valence-electron chi connectivity index (χ0n) is 9.60. The maximum absolute atomic E-state index is 11.6. The molecule has 0 fully saturated rings. The van der Waals surface area contributed by atoms with Gasteiger partial charge in [0.2, 0.25) is 0 Å². The molecule has 2 aromatic carbocycles. The van der Waals surface area contributed by atoms with E-state index >= 15 is 0 Å². The van der Waals surface area contributed by atoms with Crippen LogP contribution in [0.4, 0.5) is 4.79 Å². The van der Waals surface area contributed by atoms with Crippen LogP contribution in [0, 0.1) is 3.57 Å². The number of amides is 1. The van der Waals surface area contributed by atoms with E-state index in [-0.39, 0.29) is 0 Å². The first-order valence-corrected chi connectivity index (χ1v) is 6.58. The average molecular weight is 353 g/mol. The number of carbonyl (C=O) groups excluding carboxylic acids is 1. The van der Waals surface area contributed by atoms with Crippen molar-refractivity contribution in [3.05, 3.63) is 63.7 Å². The Balaban J connectivity index is 1.88. The Hall–Kier alpha value is -1.56. The van der Waals surface area contributed by atoms with Gasteiger partial charge in [0, 0.05) is 6.54 Å². The van der Waals surface area contributed by atoms with E-state index in [9.17, 15) is 4.79 Å². The van der Waals surface area contributed by atoms with E-state index in [1.54, 1.807) is 6.07 Å². The third kappa shape index (κ3) is 3.73. The molecule has 2 rings (SSSR count). The van der Waals surface area contributed by atoms with Crippen molar-refractivity contribution in [1.29, 1.82) is 0 Å². The van der Waals surface area contributed by atoms with Crippen molar-refractivity contribution in [3.63, 3.8) is 0 Å². The summed E-state index contributed by atoms with van der Waals surface area (Å²) < 4.78 is 6.12. The Bertz CT molecular complexity index is 528. The number of para-hydroxylation sites is 1. The summed E-state index contributed by atoms with van der Waals surface area (Å²) in [6, 6.07) is 17.1. The Kier molecular flexibility index (Phi) is 4.58. The molecule has 4 heteroatoms. The third-order valence-electron chi connectivity index (χ3n) is 2.32. The second-order valence-electron chi connectivity index (χ2n) is 3.66. The highest BCUT2D eigenvalue weighted by atomic mass is 127. The molecule has 1 amide bonds. The number of rotatable bonds is 3. The molecule has 0 saturated carbocycles. The molecule has 0 aromatic heterocycles. The van der Waals surface area contributed by atoms with Gasteiger partial charge in [0.25, 0.3) is 0 Å².